The number of carbonyl (C=O) groups is 1. The van der Waals surface area contributed by atoms with Crippen LogP contribution in [0.15, 0.2) is 48.5 Å². The predicted molar refractivity (Wildman–Crippen MR) is 108 cm³/mol. The van der Waals surface area contributed by atoms with E-state index >= 15 is 0 Å². The largest absolute Gasteiger partial charge is 0.573 e. The van der Waals surface area contributed by atoms with Gasteiger partial charge in [0, 0.05) is 6.61 Å². The number of thiazole rings is 1. The Balaban J connectivity index is 1.53. The average molecular weight is 436 g/mol. The van der Waals surface area contributed by atoms with E-state index in [1.54, 1.807) is 4.90 Å². The van der Waals surface area contributed by atoms with Crippen LogP contribution in [0.1, 0.15) is 18.4 Å². The summed E-state index contributed by atoms with van der Waals surface area (Å²) in [5, 5.41) is 0.591. The van der Waals surface area contributed by atoms with Crippen LogP contribution in [0.4, 0.5) is 18.3 Å². The fourth-order valence-electron chi connectivity index (χ4n) is 3.33. The number of fused-ring (bicyclic) bond motifs is 1. The summed E-state index contributed by atoms with van der Waals surface area (Å²) in [6, 6.07) is 13.0. The molecule has 1 atom stereocenters. The SMILES string of the molecule is O=C(Cc1ccc(OC(F)(F)F)cc1)N(CC1CCCO1)c1nc2ccccc2s1. The van der Waals surface area contributed by atoms with Crippen LogP contribution in [-0.2, 0) is 16.0 Å². The Morgan fingerprint density at radius 1 is 1.20 bits per heavy atom. The Morgan fingerprint density at radius 3 is 2.63 bits per heavy atom. The van der Waals surface area contributed by atoms with Gasteiger partial charge in [-0.05, 0) is 42.7 Å². The van der Waals surface area contributed by atoms with E-state index in [1.165, 1.54) is 35.6 Å². The molecule has 0 radical (unpaired) electrons. The number of ether oxygens (including phenoxy) is 2. The van der Waals surface area contributed by atoms with Crippen LogP contribution in [-0.4, -0.2) is 36.5 Å². The number of anilines is 1. The van der Waals surface area contributed by atoms with E-state index in [0.29, 0.717) is 23.8 Å². The molecule has 1 fully saturated rings. The van der Waals surface area contributed by atoms with E-state index in [1.807, 2.05) is 24.3 Å². The summed E-state index contributed by atoms with van der Waals surface area (Å²) in [4.78, 5) is 19.3. The molecule has 4 rings (SSSR count). The summed E-state index contributed by atoms with van der Waals surface area (Å²) >= 11 is 1.43. The minimum Gasteiger partial charge on any atom is -0.406 e. The van der Waals surface area contributed by atoms with Crippen molar-refractivity contribution in [2.45, 2.75) is 31.7 Å². The van der Waals surface area contributed by atoms with Gasteiger partial charge in [0.25, 0.3) is 0 Å². The molecule has 3 aromatic rings. The Hall–Kier alpha value is -2.65. The normalized spacial score (nSPS) is 16.7. The van der Waals surface area contributed by atoms with E-state index in [0.717, 1.165) is 23.1 Å². The van der Waals surface area contributed by atoms with Crippen molar-refractivity contribution in [3.8, 4) is 5.75 Å². The van der Waals surface area contributed by atoms with E-state index in [9.17, 15) is 18.0 Å². The number of rotatable bonds is 6. The summed E-state index contributed by atoms with van der Waals surface area (Å²) in [6.45, 7) is 1.07. The Bertz CT molecular complexity index is 981. The molecular formula is C21H19F3N2O3S. The minimum atomic E-state index is -4.75. The molecule has 2 aromatic carbocycles. The summed E-state index contributed by atoms with van der Waals surface area (Å²) in [5.41, 5.74) is 1.41. The molecule has 0 N–H and O–H groups in total. The number of nitrogens with zero attached hydrogens (tertiary/aromatic N) is 2. The maximum absolute atomic E-state index is 13.1. The van der Waals surface area contributed by atoms with Crippen LogP contribution < -0.4 is 9.64 Å². The first-order valence-electron chi connectivity index (χ1n) is 9.49. The molecule has 30 heavy (non-hydrogen) atoms. The van der Waals surface area contributed by atoms with Crippen molar-refractivity contribution in [3.63, 3.8) is 0 Å². The monoisotopic (exact) mass is 436 g/mol. The first-order chi connectivity index (χ1) is 14.4. The van der Waals surface area contributed by atoms with Crippen molar-refractivity contribution in [2.75, 3.05) is 18.1 Å². The highest BCUT2D eigenvalue weighted by Gasteiger charge is 2.31. The fraction of sp³-hybridized carbons (Fsp3) is 0.333. The molecule has 158 valence electrons. The zero-order chi connectivity index (χ0) is 21.1. The zero-order valence-electron chi connectivity index (χ0n) is 15.9. The van der Waals surface area contributed by atoms with Gasteiger partial charge in [0.15, 0.2) is 5.13 Å². The lowest BCUT2D eigenvalue weighted by Crippen LogP contribution is -2.38. The Labute approximate surface area is 175 Å². The van der Waals surface area contributed by atoms with E-state index in [-0.39, 0.29) is 24.2 Å². The van der Waals surface area contributed by atoms with Gasteiger partial charge >= 0.3 is 6.36 Å². The maximum Gasteiger partial charge on any atom is 0.573 e. The third kappa shape index (κ3) is 5.09. The number of amides is 1. The average Bonchev–Trinajstić information content (AvgIpc) is 3.35. The summed E-state index contributed by atoms with van der Waals surface area (Å²) in [6.07, 6.45) is -2.94. The Kier molecular flexibility index (Phi) is 5.92. The summed E-state index contributed by atoms with van der Waals surface area (Å²) in [7, 11) is 0. The number of benzene rings is 2. The molecular weight excluding hydrogens is 417 g/mol. The van der Waals surface area contributed by atoms with Crippen molar-refractivity contribution in [1.29, 1.82) is 0 Å². The molecule has 9 heteroatoms. The topological polar surface area (TPSA) is 51.7 Å². The van der Waals surface area contributed by atoms with Gasteiger partial charge in [-0.15, -0.1) is 13.2 Å². The summed E-state index contributed by atoms with van der Waals surface area (Å²) < 4.78 is 47.5. The van der Waals surface area contributed by atoms with Gasteiger partial charge in [-0.2, -0.15) is 0 Å². The zero-order valence-corrected chi connectivity index (χ0v) is 16.7. The minimum absolute atomic E-state index is 0.0366. The molecule has 1 aliphatic heterocycles. The number of alkyl halides is 3. The van der Waals surface area contributed by atoms with Crippen molar-refractivity contribution in [2.24, 2.45) is 0 Å². The van der Waals surface area contributed by atoms with Gasteiger partial charge in [-0.25, -0.2) is 4.98 Å². The number of halogens is 3. The second-order valence-electron chi connectivity index (χ2n) is 6.97. The second kappa shape index (κ2) is 8.61. The van der Waals surface area contributed by atoms with Crippen LogP contribution in [0.2, 0.25) is 0 Å². The van der Waals surface area contributed by atoms with E-state index < -0.39 is 6.36 Å². The van der Waals surface area contributed by atoms with Gasteiger partial charge in [0.1, 0.15) is 5.75 Å². The Morgan fingerprint density at radius 2 is 1.97 bits per heavy atom. The summed E-state index contributed by atoms with van der Waals surface area (Å²) in [5.74, 6) is -0.505. The number of aromatic nitrogens is 1. The first kappa shape index (κ1) is 20.6. The molecule has 0 spiro atoms. The lowest BCUT2D eigenvalue weighted by Gasteiger charge is -2.23. The number of hydrogen-bond donors (Lipinski definition) is 0. The molecule has 1 amide bonds. The highest BCUT2D eigenvalue weighted by molar-refractivity contribution is 7.22. The molecule has 5 nitrogen and oxygen atoms in total. The van der Waals surface area contributed by atoms with Crippen molar-refractivity contribution < 1.29 is 27.4 Å². The van der Waals surface area contributed by atoms with Crippen LogP contribution in [0.5, 0.6) is 5.75 Å². The molecule has 2 heterocycles. The molecule has 1 saturated heterocycles. The highest BCUT2D eigenvalue weighted by Crippen LogP contribution is 2.30. The molecule has 0 saturated carbocycles. The highest BCUT2D eigenvalue weighted by atomic mass is 32.1. The quantitative estimate of drug-likeness (QED) is 0.549. The smallest absolute Gasteiger partial charge is 0.406 e. The molecule has 1 aliphatic rings. The lowest BCUT2D eigenvalue weighted by molar-refractivity contribution is -0.274. The third-order valence-electron chi connectivity index (χ3n) is 4.74. The number of hydrogen-bond acceptors (Lipinski definition) is 5. The second-order valence-corrected chi connectivity index (χ2v) is 7.98. The number of para-hydroxylation sites is 1. The van der Waals surface area contributed by atoms with Gasteiger partial charge in [0.05, 0.1) is 29.3 Å². The molecule has 1 unspecified atom stereocenters. The van der Waals surface area contributed by atoms with Crippen LogP contribution in [0.25, 0.3) is 10.2 Å². The van der Waals surface area contributed by atoms with E-state index in [4.69, 9.17) is 4.74 Å². The van der Waals surface area contributed by atoms with Crippen LogP contribution in [0.3, 0.4) is 0 Å². The van der Waals surface area contributed by atoms with Gasteiger partial charge in [-0.1, -0.05) is 35.6 Å². The third-order valence-corrected chi connectivity index (χ3v) is 5.80. The first-order valence-corrected chi connectivity index (χ1v) is 10.3. The van der Waals surface area contributed by atoms with Crippen molar-refractivity contribution in [3.05, 3.63) is 54.1 Å². The van der Waals surface area contributed by atoms with Gasteiger partial charge in [-0.3, -0.25) is 9.69 Å². The molecule has 1 aromatic heterocycles. The van der Waals surface area contributed by atoms with Gasteiger partial charge < -0.3 is 9.47 Å². The molecule has 0 bridgehead atoms. The lowest BCUT2D eigenvalue weighted by atomic mass is 10.1. The number of carbonyl (C=O) groups excluding carboxylic acids is 1. The van der Waals surface area contributed by atoms with Crippen molar-refractivity contribution >= 4 is 32.6 Å². The van der Waals surface area contributed by atoms with Crippen LogP contribution >= 0.6 is 11.3 Å². The fourth-order valence-corrected chi connectivity index (χ4v) is 4.33. The van der Waals surface area contributed by atoms with Crippen LogP contribution in [0, 0.1) is 0 Å². The standard InChI is InChI=1S/C21H19F3N2O3S/c22-21(23,24)29-15-9-7-14(8-10-15)12-19(27)26(13-16-4-3-11-28-16)20-25-17-5-1-2-6-18(17)30-20/h1-2,5-10,16H,3-4,11-13H2. The van der Waals surface area contributed by atoms with E-state index in [2.05, 4.69) is 9.72 Å². The maximum atomic E-state index is 13.1. The van der Waals surface area contributed by atoms with Crippen molar-refractivity contribution in [1.82, 2.24) is 4.98 Å². The predicted octanol–water partition coefficient (Wildman–Crippen LogP) is 4.95. The van der Waals surface area contributed by atoms with Gasteiger partial charge in [0.2, 0.25) is 5.91 Å². The molecule has 0 aliphatic carbocycles.